The summed E-state index contributed by atoms with van der Waals surface area (Å²) in [6.45, 7) is 2.09. The van der Waals surface area contributed by atoms with E-state index in [1.807, 2.05) is 31.3 Å². The molecule has 0 saturated carbocycles. The normalized spacial score (nSPS) is 12.6. The Bertz CT molecular complexity index is 529. The molecule has 1 atom stereocenters. The molecule has 2 rings (SSSR count). The Hall–Kier alpha value is -1.04. The third-order valence-electron chi connectivity index (χ3n) is 2.89. The lowest BCUT2D eigenvalue weighted by Gasteiger charge is -2.04. The summed E-state index contributed by atoms with van der Waals surface area (Å²) in [6, 6.07) is 8.17. The van der Waals surface area contributed by atoms with Crippen molar-refractivity contribution in [2.45, 2.75) is 30.7 Å². The first-order valence-electron chi connectivity index (χ1n) is 6.54. The molecule has 0 aliphatic carbocycles. The summed E-state index contributed by atoms with van der Waals surface area (Å²) in [5, 5.41) is 7.90. The number of hydrogen-bond donors (Lipinski definition) is 1. The minimum atomic E-state index is 0.351. The smallest absolute Gasteiger partial charge is 0.227 e. The zero-order valence-electron chi connectivity index (χ0n) is 11.6. The SMILES string of the molecule is CNC(C)Cc1noc(CCSc2ccc(Cl)cc2)n1. The van der Waals surface area contributed by atoms with Crippen LogP contribution in [0.3, 0.4) is 0 Å². The van der Waals surface area contributed by atoms with E-state index in [9.17, 15) is 0 Å². The molecule has 0 saturated heterocycles. The van der Waals surface area contributed by atoms with Gasteiger partial charge in [0.1, 0.15) is 0 Å². The van der Waals surface area contributed by atoms with Gasteiger partial charge in [-0.15, -0.1) is 11.8 Å². The van der Waals surface area contributed by atoms with Gasteiger partial charge in [0.05, 0.1) is 0 Å². The van der Waals surface area contributed by atoms with Crippen LogP contribution in [0.15, 0.2) is 33.7 Å². The second-order valence-electron chi connectivity index (χ2n) is 4.55. The monoisotopic (exact) mass is 311 g/mol. The van der Waals surface area contributed by atoms with Crippen molar-refractivity contribution in [3.8, 4) is 0 Å². The van der Waals surface area contributed by atoms with Crippen LogP contribution in [0, 0.1) is 0 Å². The number of benzene rings is 1. The minimum Gasteiger partial charge on any atom is -0.339 e. The predicted molar refractivity (Wildman–Crippen MR) is 82.4 cm³/mol. The van der Waals surface area contributed by atoms with Crippen molar-refractivity contribution in [3.05, 3.63) is 41.0 Å². The fraction of sp³-hybridized carbons (Fsp3) is 0.429. The topological polar surface area (TPSA) is 51.0 Å². The molecule has 0 radical (unpaired) electrons. The van der Waals surface area contributed by atoms with Crippen LogP contribution in [-0.2, 0) is 12.8 Å². The van der Waals surface area contributed by atoms with E-state index in [1.165, 1.54) is 4.90 Å². The van der Waals surface area contributed by atoms with Crippen molar-refractivity contribution in [1.82, 2.24) is 15.5 Å². The molecule has 1 N–H and O–H groups in total. The zero-order chi connectivity index (χ0) is 14.4. The van der Waals surface area contributed by atoms with Gasteiger partial charge in [-0.3, -0.25) is 0 Å². The molecule has 0 fully saturated rings. The van der Waals surface area contributed by atoms with Gasteiger partial charge in [-0.05, 0) is 38.2 Å². The maximum Gasteiger partial charge on any atom is 0.227 e. The Kier molecular flexibility index (Phi) is 5.88. The molecule has 108 valence electrons. The molecule has 0 amide bonds. The van der Waals surface area contributed by atoms with Crippen LogP contribution in [0.4, 0.5) is 0 Å². The third kappa shape index (κ3) is 4.81. The van der Waals surface area contributed by atoms with Crippen molar-refractivity contribution >= 4 is 23.4 Å². The van der Waals surface area contributed by atoms with Crippen LogP contribution in [-0.4, -0.2) is 29.0 Å². The Labute approximate surface area is 128 Å². The largest absolute Gasteiger partial charge is 0.339 e. The van der Waals surface area contributed by atoms with Gasteiger partial charge < -0.3 is 9.84 Å². The number of hydrogen-bond acceptors (Lipinski definition) is 5. The number of likely N-dealkylation sites (N-methyl/N-ethyl adjacent to an activating group) is 1. The lowest BCUT2D eigenvalue weighted by atomic mass is 10.2. The Balaban J connectivity index is 1.78. The van der Waals surface area contributed by atoms with Crippen molar-refractivity contribution in [3.63, 3.8) is 0 Å². The first kappa shape index (κ1) is 15.4. The highest BCUT2D eigenvalue weighted by Crippen LogP contribution is 2.21. The standard InChI is InChI=1S/C14H18ClN3OS/c1-10(16-2)9-13-17-14(19-18-13)7-8-20-12-5-3-11(15)4-6-12/h3-6,10,16H,7-9H2,1-2H3. The van der Waals surface area contributed by atoms with Gasteiger partial charge in [-0.2, -0.15) is 4.98 Å². The molecule has 1 unspecified atom stereocenters. The molecular weight excluding hydrogens is 294 g/mol. The van der Waals surface area contributed by atoms with E-state index in [0.29, 0.717) is 11.9 Å². The lowest BCUT2D eigenvalue weighted by Crippen LogP contribution is -2.24. The average Bonchev–Trinajstić information content (AvgIpc) is 2.88. The highest BCUT2D eigenvalue weighted by molar-refractivity contribution is 7.99. The van der Waals surface area contributed by atoms with E-state index in [2.05, 4.69) is 22.4 Å². The quantitative estimate of drug-likeness (QED) is 0.796. The van der Waals surface area contributed by atoms with Crippen molar-refractivity contribution in [2.75, 3.05) is 12.8 Å². The van der Waals surface area contributed by atoms with E-state index in [-0.39, 0.29) is 0 Å². The van der Waals surface area contributed by atoms with E-state index in [4.69, 9.17) is 16.1 Å². The zero-order valence-corrected chi connectivity index (χ0v) is 13.2. The van der Waals surface area contributed by atoms with Crippen molar-refractivity contribution < 1.29 is 4.52 Å². The molecule has 0 aliphatic heterocycles. The number of thioether (sulfide) groups is 1. The molecule has 0 spiro atoms. The summed E-state index contributed by atoms with van der Waals surface area (Å²) >= 11 is 7.60. The van der Waals surface area contributed by atoms with E-state index < -0.39 is 0 Å². The molecule has 1 aromatic heterocycles. The summed E-state index contributed by atoms with van der Waals surface area (Å²) in [7, 11) is 1.93. The number of halogens is 1. The molecule has 1 heterocycles. The molecule has 4 nitrogen and oxygen atoms in total. The van der Waals surface area contributed by atoms with Crippen LogP contribution >= 0.6 is 23.4 Å². The van der Waals surface area contributed by atoms with Gasteiger partial charge in [-0.1, -0.05) is 16.8 Å². The Morgan fingerprint density at radius 2 is 2.10 bits per heavy atom. The number of aromatic nitrogens is 2. The Morgan fingerprint density at radius 1 is 1.35 bits per heavy atom. The summed E-state index contributed by atoms with van der Waals surface area (Å²) in [6.07, 6.45) is 1.55. The van der Waals surface area contributed by atoms with Crippen LogP contribution in [0.2, 0.25) is 5.02 Å². The number of nitrogens with one attached hydrogen (secondary N) is 1. The van der Waals surface area contributed by atoms with E-state index >= 15 is 0 Å². The van der Waals surface area contributed by atoms with E-state index in [0.717, 1.165) is 29.4 Å². The van der Waals surface area contributed by atoms with E-state index in [1.54, 1.807) is 11.8 Å². The molecular formula is C14H18ClN3OS. The van der Waals surface area contributed by atoms with Crippen molar-refractivity contribution in [2.24, 2.45) is 0 Å². The average molecular weight is 312 g/mol. The summed E-state index contributed by atoms with van der Waals surface area (Å²) in [5.74, 6) is 2.37. The molecule has 0 bridgehead atoms. The maximum atomic E-state index is 5.85. The second kappa shape index (κ2) is 7.67. The van der Waals surface area contributed by atoms with Crippen molar-refractivity contribution in [1.29, 1.82) is 0 Å². The number of rotatable bonds is 7. The van der Waals surface area contributed by atoms with Gasteiger partial charge in [-0.25, -0.2) is 0 Å². The van der Waals surface area contributed by atoms with Gasteiger partial charge >= 0.3 is 0 Å². The van der Waals surface area contributed by atoms with Crippen LogP contribution in [0.25, 0.3) is 0 Å². The highest BCUT2D eigenvalue weighted by Gasteiger charge is 2.09. The minimum absolute atomic E-state index is 0.351. The Morgan fingerprint density at radius 3 is 2.80 bits per heavy atom. The second-order valence-corrected chi connectivity index (χ2v) is 6.16. The number of aryl methyl sites for hydroxylation is 1. The first-order valence-corrected chi connectivity index (χ1v) is 7.91. The molecule has 20 heavy (non-hydrogen) atoms. The molecule has 2 aromatic rings. The number of nitrogens with zero attached hydrogens (tertiary/aromatic N) is 2. The van der Waals surface area contributed by atoms with Gasteiger partial charge in [0, 0.05) is 34.6 Å². The van der Waals surface area contributed by atoms with Gasteiger partial charge in [0.15, 0.2) is 5.82 Å². The maximum absolute atomic E-state index is 5.85. The van der Waals surface area contributed by atoms with Gasteiger partial charge in [0.25, 0.3) is 0 Å². The molecule has 6 heteroatoms. The lowest BCUT2D eigenvalue weighted by molar-refractivity contribution is 0.375. The summed E-state index contributed by atoms with van der Waals surface area (Å²) < 4.78 is 5.24. The predicted octanol–water partition coefficient (Wildman–Crippen LogP) is 3.21. The molecule has 0 aliphatic rings. The first-order chi connectivity index (χ1) is 9.67. The van der Waals surface area contributed by atoms with Gasteiger partial charge in [0.2, 0.25) is 5.89 Å². The van der Waals surface area contributed by atoms with Crippen LogP contribution in [0.5, 0.6) is 0 Å². The van der Waals surface area contributed by atoms with Crippen LogP contribution in [0.1, 0.15) is 18.6 Å². The molecule has 1 aromatic carbocycles. The highest BCUT2D eigenvalue weighted by atomic mass is 35.5. The third-order valence-corrected chi connectivity index (χ3v) is 4.16. The van der Waals surface area contributed by atoms with Crippen LogP contribution < -0.4 is 5.32 Å². The fourth-order valence-corrected chi connectivity index (χ4v) is 2.60. The summed E-state index contributed by atoms with van der Waals surface area (Å²) in [4.78, 5) is 5.58. The summed E-state index contributed by atoms with van der Waals surface area (Å²) in [5.41, 5.74) is 0. The fourth-order valence-electron chi connectivity index (χ4n) is 1.64.